The van der Waals surface area contributed by atoms with Crippen molar-refractivity contribution in [2.45, 2.75) is 12.5 Å². The van der Waals surface area contributed by atoms with Crippen LogP contribution >= 0.6 is 0 Å². The highest BCUT2D eigenvalue weighted by Gasteiger charge is 2.14. The van der Waals surface area contributed by atoms with E-state index in [0.717, 1.165) is 6.07 Å². The van der Waals surface area contributed by atoms with Crippen LogP contribution in [0.15, 0.2) is 12.1 Å². The third-order valence-corrected chi connectivity index (χ3v) is 1.78. The van der Waals surface area contributed by atoms with E-state index < -0.39 is 23.4 Å². The Morgan fingerprint density at radius 3 is 2.57 bits per heavy atom. The summed E-state index contributed by atoms with van der Waals surface area (Å²) in [5.41, 5.74) is 5.49. The Morgan fingerprint density at radius 2 is 2.00 bits per heavy atom. The number of benzene rings is 1. The first-order chi connectivity index (χ1) is 6.56. The second-order valence-corrected chi connectivity index (χ2v) is 2.79. The zero-order chi connectivity index (χ0) is 10.7. The van der Waals surface area contributed by atoms with Gasteiger partial charge in [-0.15, -0.1) is 0 Å². The maximum atomic E-state index is 12.7. The van der Waals surface area contributed by atoms with Crippen molar-refractivity contribution < 1.29 is 13.9 Å². The average Bonchev–Trinajstić information content (AvgIpc) is 2.11. The summed E-state index contributed by atoms with van der Waals surface area (Å²) in [6.07, 6.45) is -0.0708. The van der Waals surface area contributed by atoms with E-state index >= 15 is 0 Å². The molecule has 0 spiro atoms. The largest absolute Gasteiger partial charge is 0.507 e. The Balaban J connectivity index is 3.10. The van der Waals surface area contributed by atoms with Crippen LogP contribution in [0, 0.1) is 23.0 Å². The number of hydrogen-bond donors (Lipinski definition) is 2. The SMILES string of the molecule is N#CCC(N)c1cc(F)c(F)cc1O. The zero-order valence-electron chi connectivity index (χ0n) is 7.17. The monoisotopic (exact) mass is 198 g/mol. The number of nitrogens with two attached hydrogens (primary N) is 1. The Labute approximate surface area is 79.4 Å². The van der Waals surface area contributed by atoms with Crippen molar-refractivity contribution in [2.24, 2.45) is 5.73 Å². The molecule has 1 aromatic carbocycles. The Kier molecular flexibility index (Phi) is 2.99. The predicted octanol–water partition coefficient (Wildman–Crippen LogP) is 1.58. The van der Waals surface area contributed by atoms with E-state index in [9.17, 15) is 13.9 Å². The molecule has 1 aromatic rings. The average molecular weight is 198 g/mol. The maximum absolute atomic E-state index is 12.7. The summed E-state index contributed by atoms with van der Waals surface area (Å²) in [7, 11) is 0. The Morgan fingerprint density at radius 1 is 1.43 bits per heavy atom. The van der Waals surface area contributed by atoms with Crippen LogP contribution in [-0.4, -0.2) is 5.11 Å². The molecule has 5 heteroatoms. The molecule has 0 saturated carbocycles. The third-order valence-electron chi connectivity index (χ3n) is 1.78. The summed E-state index contributed by atoms with van der Waals surface area (Å²) >= 11 is 0. The van der Waals surface area contributed by atoms with Gasteiger partial charge >= 0.3 is 0 Å². The van der Waals surface area contributed by atoms with Gasteiger partial charge in [0.25, 0.3) is 0 Å². The first-order valence-corrected chi connectivity index (χ1v) is 3.86. The Bertz CT molecular complexity index is 387. The summed E-state index contributed by atoms with van der Waals surface area (Å²) in [6.45, 7) is 0. The van der Waals surface area contributed by atoms with E-state index in [1.807, 2.05) is 0 Å². The minimum atomic E-state index is -1.14. The molecular formula is C9H8F2N2O. The molecule has 1 rings (SSSR count). The lowest BCUT2D eigenvalue weighted by Gasteiger charge is -2.10. The molecule has 74 valence electrons. The third kappa shape index (κ3) is 1.98. The second-order valence-electron chi connectivity index (χ2n) is 2.79. The number of hydrogen-bond acceptors (Lipinski definition) is 3. The first kappa shape index (κ1) is 10.4. The number of nitrogens with zero attached hydrogens (tertiary/aromatic N) is 1. The van der Waals surface area contributed by atoms with E-state index in [1.165, 1.54) is 0 Å². The summed E-state index contributed by atoms with van der Waals surface area (Å²) in [5.74, 6) is -2.67. The van der Waals surface area contributed by atoms with Crippen LogP contribution in [0.1, 0.15) is 18.0 Å². The number of halogens is 2. The fourth-order valence-corrected chi connectivity index (χ4v) is 1.06. The minimum Gasteiger partial charge on any atom is -0.507 e. The van der Waals surface area contributed by atoms with Gasteiger partial charge in [0.15, 0.2) is 11.6 Å². The topological polar surface area (TPSA) is 70.0 Å². The number of phenols is 1. The molecule has 0 fully saturated rings. The van der Waals surface area contributed by atoms with Gasteiger partial charge in [0, 0.05) is 17.7 Å². The molecule has 0 aromatic heterocycles. The lowest BCUT2D eigenvalue weighted by Crippen LogP contribution is -2.10. The van der Waals surface area contributed by atoms with Crippen molar-refractivity contribution >= 4 is 0 Å². The molecule has 0 aliphatic heterocycles. The molecule has 0 aliphatic rings. The summed E-state index contributed by atoms with van der Waals surface area (Å²) in [6, 6.07) is 2.40. The lowest BCUT2D eigenvalue weighted by atomic mass is 10.0. The molecular weight excluding hydrogens is 190 g/mol. The lowest BCUT2D eigenvalue weighted by molar-refractivity contribution is 0.441. The fraction of sp³-hybridized carbons (Fsp3) is 0.222. The molecule has 0 bridgehead atoms. The van der Waals surface area contributed by atoms with Gasteiger partial charge in [0.1, 0.15) is 5.75 Å². The van der Waals surface area contributed by atoms with Crippen molar-refractivity contribution in [3.63, 3.8) is 0 Å². The summed E-state index contributed by atoms with van der Waals surface area (Å²) in [4.78, 5) is 0. The van der Waals surface area contributed by atoms with Gasteiger partial charge in [0.2, 0.25) is 0 Å². The van der Waals surface area contributed by atoms with Gasteiger partial charge in [-0.3, -0.25) is 0 Å². The van der Waals surface area contributed by atoms with E-state index in [4.69, 9.17) is 11.0 Å². The smallest absolute Gasteiger partial charge is 0.162 e. The predicted molar refractivity (Wildman–Crippen MR) is 45.2 cm³/mol. The number of rotatable bonds is 2. The van der Waals surface area contributed by atoms with Crippen molar-refractivity contribution in [1.82, 2.24) is 0 Å². The molecule has 0 heterocycles. The molecule has 1 atom stereocenters. The van der Waals surface area contributed by atoms with Gasteiger partial charge < -0.3 is 10.8 Å². The minimum absolute atomic E-state index is 0.0328. The van der Waals surface area contributed by atoms with E-state index in [2.05, 4.69) is 0 Å². The number of phenolic OH excluding ortho intramolecular Hbond substituents is 1. The molecule has 0 saturated heterocycles. The van der Waals surface area contributed by atoms with Gasteiger partial charge in [-0.2, -0.15) is 5.26 Å². The van der Waals surface area contributed by atoms with Gasteiger partial charge in [-0.05, 0) is 6.07 Å². The van der Waals surface area contributed by atoms with Crippen molar-refractivity contribution in [2.75, 3.05) is 0 Å². The normalized spacial score (nSPS) is 12.1. The van der Waals surface area contributed by atoms with Crippen LogP contribution in [0.3, 0.4) is 0 Å². The van der Waals surface area contributed by atoms with E-state index in [0.29, 0.717) is 6.07 Å². The first-order valence-electron chi connectivity index (χ1n) is 3.86. The summed E-state index contributed by atoms with van der Waals surface area (Å²) in [5, 5.41) is 17.6. The van der Waals surface area contributed by atoms with Crippen LogP contribution in [0.25, 0.3) is 0 Å². The van der Waals surface area contributed by atoms with E-state index in [1.54, 1.807) is 6.07 Å². The fourth-order valence-electron chi connectivity index (χ4n) is 1.06. The van der Waals surface area contributed by atoms with Gasteiger partial charge in [0.05, 0.1) is 12.5 Å². The molecule has 0 aliphatic carbocycles. The molecule has 14 heavy (non-hydrogen) atoms. The number of aromatic hydroxyl groups is 1. The standard InChI is InChI=1S/C9H8F2N2O/c10-6-3-5(8(13)1-2-12)9(14)4-7(6)11/h3-4,8,14H,1,13H2. The highest BCUT2D eigenvalue weighted by molar-refractivity contribution is 5.36. The van der Waals surface area contributed by atoms with Crippen LogP contribution in [-0.2, 0) is 0 Å². The van der Waals surface area contributed by atoms with E-state index in [-0.39, 0.29) is 12.0 Å². The maximum Gasteiger partial charge on any atom is 0.162 e. The molecule has 1 unspecified atom stereocenters. The van der Waals surface area contributed by atoms with Crippen LogP contribution in [0.2, 0.25) is 0 Å². The van der Waals surface area contributed by atoms with Crippen molar-refractivity contribution in [3.8, 4) is 11.8 Å². The quantitative estimate of drug-likeness (QED) is 0.757. The highest BCUT2D eigenvalue weighted by Crippen LogP contribution is 2.26. The second kappa shape index (κ2) is 4.03. The van der Waals surface area contributed by atoms with Gasteiger partial charge in [-0.25, -0.2) is 8.78 Å². The number of nitriles is 1. The molecule has 3 N–H and O–H groups in total. The van der Waals surface area contributed by atoms with Crippen molar-refractivity contribution in [3.05, 3.63) is 29.3 Å². The Hall–Kier alpha value is -1.67. The zero-order valence-corrected chi connectivity index (χ0v) is 7.17. The highest BCUT2D eigenvalue weighted by atomic mass is 19.2. The summed E-state index contributed by atoms with van der Waals surface area (Å²) < 4.78 is 25.3. The van der Waals surface area contributed by atoms with Gasteiger partial charge in [-0.1, -0.05) is 0 Å². The van der Waals surface area contributed by atoms with Crippen LogP contribution in [0.4, 0.5) is 8.78 Å². The molecule has 3 nitrogen and oxygen atoms in total. The van der Waals surface area contributed by atoms with Crippen LogP contribution in [0.5, 0.6) is 5.75 Å². The molecule has 0 amide bonds. The molecule has 0 radical (unpaired) electrons. The van der Waals surface area contributed by atoms with Crippen LogP contribution < -0.4 is 5.73 Å². The van der Waals surface area contributed by atoms with Crippen molar-refractivity contribution in [1.29, 1.82) is 5.26 Å².